The van der Waals surface area contributed by atoms with Crippen molar-refractivity contribution in [1.29, 1.82) is 0 Å². The van der Waals surface area contributed by atoms with Gasteiger partial charge in [-0.3, -0.25) is 4.72 Å². The summed E-state index contributed by atoms with van der Waals surface area (Å²) in [4.78, 5) is 0.205. The van der Waals surface area contributed by atoms with Gasteiger partial charge in [0.25, 0.3) is 10.0 Å². The van der Waals surface area contributed by atoms with Crippen molar-refractivity contribution < 1.29 is 8.42 Å². The number of halogens is 2. The van der Waals surface area contributed by atoms with E-state index in [4.69, 9.17) is 23.2 Å². The molecular weight excluding hydrogens is 317 g/mol. The van der Waals surface area contributed by atoms with Crippen LogP contribution in [-0.4, -0.2) is 8.42 Å². The van der Waals surface area contributed by atoms with E-state index in [0.717, 1.165) is 11.1 Å². The number of aryl methyl sites for hydroxylation is 2. The molecule has 1 N–H and O–H groups in total. The minimum atomic E-state index is -3.65. The highest BCUT2D eigenvalue weighted by Gasteiger charge is 2.15. The van der Waals surface area contributed by atoms with Crippen LogP contribution >= 0.6 is 23.2 Å². The van der Waals surface area contributed by atoms with Crippen LogP contribution in [0.15, 0.2) is 41.3 Å². The minimum absolute atomic E-state index is 0.205. The molecule has 2 aromatic carbocycles. The fourth-order valence-electron chi connectivity index (χ4n) is 1.71. The maximum Gasteiger partial charge on any atom is 0.261 e. The summed E-state index contributed by atoms with van der Waals surface area (Å²) in [5.74, 6) is 0. The predicted molar refractivity (Wildman–Crippen MR) is 83.2 cm³/mol. The zero-order valence-electron chi connectivity index (χ0n) is 10.9. The van der Waals surface area contributed by atoms with Crippen molar-refractivity contribution in [2.75, 3.05) is 4.72 Å². The van der Waals surface area contributed by atoms with E-state index in [1.807, 2.05) is 13.8 Å². The van der Waals surface area contributed by atoms with E-state index in [0.29, 0.717) is 15.7 Å². The number of sulfonamides is 1. The van der Waals surface area contributed by atoms with E-state index < -0.39 is 10.0 Å². The second kappa shape index (κ2) is 5.64. The second-order valence-corrected chi connectivity index (χ2v) is 7.06. The quantitative estimate of drug-likeness (QED) is 0.906. The van der Waals surface area contributed by atoms with Gasteiger partial charge in [-0.2, -0.15) is 0 Å². The molecule has 0 aliphatic rings. The molecule has 0 saturated heterocycles. The molecule has 0 saturated carbocycles. The zero-order valence-corrected chi connectivity index (χ0v) is 13.3. The van der Waals surface area contributed by atoms with E-state index in [1.165, 1.54) is 18.2 Å². The van der Waals surface area contributed by atoms with Gasteiger partial charge < -0.3 is 0 Å². The molecule has 0 radical (unpaired) electrons. The molecule has 0 fully saturated rings. The van der Waals surface area contributed by atoms with E-state index in [9.17, 15) is 8.42 Å². The van der Waals surface area contributed by atoms with Gasteiger partial charge >= 0.3 is 0 Å². The van der Waals surface area contributed by atoms with Crippen molar-refractivity contribution in [3.8, 4) is 0 Å². The molecule has 0 amide bonds. The third kappa shape index (κ3) is 3.45. The van der Waals surface area contributed by atoms with Gasteiger partial charge in [0.05, 0.1) is 10.6 Å². The van der Waals surface area contributed by atoms with Crippen LogP contribution in [0, 0.1) is 13.8 Å². The minimum Gasteiger partial charge on any atom is -0.280 e. The van der Waals surface area contributed by atoms with Crippen molar-refractivity contribution in [3.63, 3.8) is 0 Å². The third-order valence-electron chi connectivity index (χ3n) is 2.90. The average molecular weight is 330 g/mol. The third-order valence-corrected chi connectivity index (χ3v) is 4.72. The normalized spacial score (nSPS) is 11.4. The Bertz CT molecular complexity index is 738. The number of hydrogen-bond acceptors (Lipinski definition) is 2. The van der Waals surface area contributed by atoms with Gasteiger partial charge in [-0.05, 0) is 55.3 Å². The highest BCUT2D eigenvalue weighted by atomic mass is 35.5. The van der Waals surface area contributed by atoms with Gasteiger partial charge in [-0.15, -0.1) is 0 Å². The highest BCUT2D eigenvalue weighted by molar-refractivity contribution is 7.92. The van der Waals surface area contributed by atoms with Crippen molar-refractivity contribution in [3.05, 3.63) is 57.6 Å². The summed E-state index contributed by atoms with van der Waals surface area (Å²) in [6.45, 7) is 3.79. The lowest BCUT2D eigenvalue weighted by Crippen LogP contribution is -2.13. The summed E-state index contributed by atoms with van der Waals surface area (Å²) in [7, 11) is -3.65. The topological polar surface area (TPSA) is 46.2 Å². The Kier molecular flexibility index (Phi) is 4.28. The Balaban J connectivity index is 2.37. The lowest BCUT2D eigenvalue weighted by molar-refractivity contribution is 0.601. The average Bonchev–Trinajstić information content (AvgIpc) is 2.30. The largest absolute Gasteiger partial charge is 0.280 e. The number of nitrogens with one attached hydrogen (secondary N) is 1. The SMILES string of the molecule is Cc1ccc(S(=O)(=O)Nc2cc(Cl)cc(Cl)c2)cc1C. The van der Waals surface area contributed by atoms with Crippen LogP contribution in [0.5, 0.6) is 0 Å². The number of benzene rings is 2. The van der Waals surface area contributed by atoms with Gasteiger partial charge in [0.1, 0.15) is 0 Å². The van der Waals surface area contributed by atoms with Crippen molar-refractivity contribution in [1.82, 2.24) is 0 Å². The first-order valence-electron chi connectivity index (χ1n) is 5.84. The molecule has 0 unspecified atom stereocenters. The van der Waals surface area contributed by atoms with E-state index in [-0.39, 0.29) is 4.90 Å². The first kappa shape index (κ1) is 15.2. The first-order chi connectivity index (χ1) is 9.28. The van der Waals surface area contributed by atoms with Crippen LogP contribution in [0.3, 0.4) is 0 Å². The molecule has 0 heterocycles. The molecule has 2 aromatic rings. The maximum absolute atomic E-state index is 12.3. The summed E-state index contributed by atoms with van der Waals surface area (Å²) in [5.41, 5.74) is 2.28. The van der Waals surface area contributed by atoms with E-state index in [2.05, 4.69) is 4.72 Å². The van der Waals surface area contributed by atoms with Gasteiger partial charge in [-0.1, -0.05) is 29.3 Å². The van der Waals surface area contributed by atoms with Gasteiger partial charge in [0, 0.05) is 10.0 Å². The molecular formula is C14H13Cl2NO2S. The van der Waals surface area contributed by atoms with E-state index >= 15 is 0 Å². The summed E-state index contributed by atoms with van der Waals surface area (Å²) >= 11 is 11.7. The monoisotopic (exact) mass is 329 g/mol. The first-order valence-corrected chi connectivity index (χ1v) is 8.08. The molecule has 6 heteroatoms. The Morgan fingerprint density at radius 2 is 1.50 bits per heavy atom. The molecule has 2 rings (SSSR count). The van der Waals surface area contributed by atoms with Crippen LogP contribution in [0.1, 0.15) is 11.1 Å². The molecule has 106 valence electrons. The van der Waals surface area contributed by atoms with Crippen LogP contribution in [0.2, 0.25) is 10.0 Å². The van der Waals surface area contributed by atoms with Gasteiger partial charge in [0.15, 0.2) is 0 Å². The van der Waals surface area contributed by atoms with Crippen LogP contribution in [0.4, 0.5) is 5.69 Å². The smallest absolute Gasteiger partial charge is 0.261 e. The lowest BCUT2D eigenvalue weighted by Gasteiger charge is -2.10. The van der Waals surface area contributed by atoms with Crippen LogP contribution in [-0.2, 0) is 10.0 Å². The zero-order chi connectivity index (χ0) is 14.9. The second-order valence-electron chi connectivity index (χ2n) is 4.51. The van der Waals surface area contributed by atoms with Crippen LogP contribution in [0.25, 0.3) is 0 Å². The standard InChI is InChI=1S/C14H13Cl2NO2S/c1-9-3-4-14(5-10(9)2)20(18,19)17-13-7-11(15)6-12(16)8-13/h3-8,17H,1-2H3. The number of hydrogen-bond donors (Lipinski definition) is 1. The van der Waals surface area contributed by atoms with E-state index in [1.54, 1.807) is 18.2 Å². The molecule has 0 spiro atoms. The Labute approximate surface area is 128 Å². The molecule has 0 atom stereocenters. The Morgan fingerprint density at radius 3 is 2.05 bits per heavy atom. The van der Waals surface area contributed by atoms with Crippen molar-refractivity contribution >= 4 is 38.9 Å². The fraction of sp³-hybridized carbons (Fsp3) is 0.143. The Hall–Kier alpha value is -1.23. The molecule has 0 bridgehead atoms. The van der Waals surface area contributed by atoms with Crippen LogP contribution < -0.4 is 4.72 Å². The fourth-order valence-corrected chi connectivity index (χ4v) is 3.36. The lowest BCUT2D eigenvalue weighted by atomic mass is 10.1. The summed E-state index contributed by atoms with van der Waals surface area (Å²) < 4.78 is 27.0. The van der Waals surface area contributed by atoms with Crippen molar-refractivity contribution in [2.45, 2.75) is 18.7 Å². The number of anilines is 1. The summed E-state index contributed by atoms with van der Waals surface area (Å²) in [6.07, 6.45) is 0. The Morgan fingerprint density at radius 1 is 0.900 bits per heavy atom. The van der Waals surface area contributed by atoms with Gasteiger partial charge in [-0.25, -0.2) is 8.42 Å². The number of rotatable bonds is 3. The highest BCUT2D eigenvalue weighted by Crippen LogP contribution is 2.25. The molecule has 0 aromatic heterocycles. The molecule has 0 aliphatic heterocycles. The molecule has 0 aliphatic carbocycles. The molecule has 3 nitrogen and oxygen atoms in total. The maximum atomic E-state index is 12.3. The van der Waals surface area contributed by atoms with Crippen molar-refractivity contribution in [2.24, 2.45) is 0 Å². The summed E-state index contributed by atoms with van der Waals surface area (Å²) in [6, 6.07) is 9.52. The van der Waals surface area contributed by atoms with Gasteiger partial charge in [0.2, 0.25) is 0 Å². The molecule has 20 heavy (non-hydrogen) atoms. The predicted octanol–water partition coefficient (Wildman–Crippen LogP) is 4.41. The summed E-state index contributed by atoms with van der Waals surface area (Å²) in [5, 5.41) is 0.741.